The summed E-state index contributed by atoms with van der Waals surface area (Å²) in [5.74, 6) is 0. The minimum atomic E-state index is -3.31. The molecule has 0 bridgehead atoms. The van der Waals surface area contributed by atoms with Gasteiger partial charge in [-0.25, -0.2) is 0 Å². The van der Waals surface area contributed by atoms with E-state index < -0.39 is 7.60 Å². The number of hydrogen-bond acceptors (Lipinski definition) is 5. The van der Waals surface area contributed by atoms with Crippen molar-refractivity contribution in [2.24, 2.45) is 0 Å². The summed E-state index contributed by atoms with van der Waals surface area (Å²) in [6.07, 6.45) is 0. The molecule has 0 aliphatic rings. The Bertz CT molecular complexity index is 987. The van der Waals surface area contributed by atoms with Crippen molar-refractivity contribution in [2.75, 3.05) is 13.2 Å². The maximum absolute atomic E-state index is 12.9. The van der Waals surface area contributed by atoms with Gasteiger partial charge in [0.25, 0.3) is 0 Å². The van der Waals surface area contributed by atoms with Crippen LogP contribution >= 0.6 is 18.9 Å². The Kier molecular flexibility index (Phi) is 6.40. The first-order valence-electron chi connectivity index (χ1n) is 8.76. The first-order chi connectivity index (χ1) is 13.1. The van der Waals surface area contributed by atoms with Gasteiger partial charge in [-0.3, -0.25) is 9.36 Å². The first kappa shape index (κ1) is 19.7. The van der Waals surface area contributed by atoms with Crippen LogP contribution in [0, 0.1) is 0 Å². The third-order valence-electron chi connectivity index (χ3n) is 3.89. The molecule has 0 amide bonds. The van der Waals surface area contributed by atoms with Crippen molar-refractivity contribution in [1.82, 2.24) is 0 Å². The van der Waals surface area contributed by atoms with E-state index in [-0.39, 0.29) is 5.43 Å². The fraction of sp³-hybridized carbons (Fsp3) is 0.190. The predicted octanol–water partition coefficient (Wildman–Crippen LogP) is 5.33. The molecule has 3 rings (SSSR count). The largest absolute Gasteiger partial charge is 0.361 e. The van der Waals surface area contributed by atoms with Crippen LogP contribution in [0.1, 0.15) is 13.8 Å². The molecule has 0 unspecified atom stereocenters. The van der Waals surface area contributed by atoms with Crippen LogP contribution in [0.4, 0.5) is 0 Å². The zero-order chi connectivity index (χ0) is 19.3. The van der Waals surface area contributed by atoms with Crippen molar-refractivity contribution in [1.29, 1.82) is 0 Å². The Balaban J connectivity index is 1.97. The average molecular weight is 400 g/mol. The summed E-state index contributed by atoms with van der Waals surface area (Å²) < 4.78 is 23.6. The molecule has 140 valence electrons. The first-order valence-corrected chi connectivity index (χ1v) is 11.1. The molecule has 1 aromatic heterocycles. The molecule has 0 radical (unpaired) electrons. The zero-order valence-corrected chi connectivity index (χ0v) is 17.0. The van der Waals surface area contributed by atoms with Gasteiger partial charge in [-0.05, 0) is 37.1 Å². The van der Waals surface area contributed by atoms with E-state index in [1.165, 1.54) is 0 Å². The molecule has 1 heterocycles. The Morgan fingerprint density at radius 3 is 1.85 bits per heavy atom. The van der Waals surface area contributed by atoms with E-state index in [1.54, 1.807) is 49.4 Å². The lowest BCUT2D eigenvalue weighted by Crippen LogP contribution is -2.10. The highest BCUT2D eigenvalue weighted by molar-refractivity contribution is 7.62. The highest BCUT2D eigenvalue weighted by atomic mass is 32.1. The molecule has 0 aliphatic heterocycles. The van der Waals surface area contributed by atoms with Crippen LogP contribution < -0.4 is 10.7 Å². The molecule has 3 aromatic rings. The smallest absolute Gasteiger partial charge is 0.305 e. The lowest BCUT2D eigenvalue weighted by molar-refractivity contribution is 0.230. The van der Waals surface area contributed by atoms with Gasteiger partial charge in [-0.15, -0.1) is 11.3 Å². The van der Waals surface area contributed by atoms with Crippen molar-refractivity contribution in [3.63, 3.8) is 0 Å². The van der Waals surface area contributed by atoms with Crippen LogP contribution in [0.25, 0.3) is 20.9 Å². The molecule has 0 fully saturated rings. The van der Waals surface area contributed by atoms with Gasteiger partial charge in [0.05, 0.1) is 18.5 Å². The molecule has 2 aromatic carbocycles. The minimum Gasteiger partial charge on any atom is -0.305 e. The lowest BCUT2D eigenvalue weighted by atomic mass is 10.1. The molecule has 0 aliphatic carbocycles. The zero-order valence-electron chi connectivity index (χ0n) is 15.3. The summed E-state index contributed by atoms with van der Waals surface area (Å²) in [6.45, 7) is 4.18. The van der Waals surface area contributed by atoms with E-state index in [4.69, 9.17) is 9.05 Å². The van der Waals surface area contributed by atoms with Crippen molar-refractivity contribution < 1.29 is 13.6 Å². The van der Waals surface area contributed by atoms with E-state index in [1.807, 2.05) is 42.5 Å². The lowest BCUT2D eigenvalue weighted by Gasteiger charge is -2.17. The topological polar surface area (TPSA) is 52.6 Å². The number of benzene rings is 2. The highest BCUT2D eigenvalue weighted by Gasteiger charge is 2.26. The minimum absolute atomic E-state index is 0.0408. The monoisotopic (exact) mass is 400 g/mol. The maximum atomic E-state index is 12.9. The molecule has 0 saturated carbocycles. The molecular formula is C21H21O4PS. The summed E-state index contributed by atoms with van der Waals surface area (Å²) in [6, 6.07) is 20.3. The van der Waals surface area contributed by atoms with E-state index >= 15 is 0 Å². The van der Waals surface area contributed by atoms with E-state index in [0.29, 0.717) is 18.5 Å². The Labute approximate surface area is 163 Å². The standard InChI is InChI=1S/C21H21O4PS/c1-3-24-26(23,25-4-2)19-12-10-17(11-13-19)21-15-18(22)14-20(27-21)16-8-6-5-7-9-16/h5-15H,3-4H2,1-2H3. The third kappa shape index (κ3) is 4.63. The molecule has 4 nitrogen and oxygen atoms in total. The second-order valence-corrected chi connectivity index (χ2v) is 8.88. The Morgan fingerprint density at radius 1 is 0.815 bits per heavy atom. The van der Waals surface area contributed by atoms with E-state index in [9.17, 15) is 9.36 Å². The Hall–Kier alpha value is -2.04. The van der Waals surface area contributed by atoms with Crippen molar-refractivity contribution in [3.8, 4) is 20.9 Å². The molecule has 27 heavy (non-hydrogen) atoms. The van der Waals surface area contributed by atoms with Crippen LogP contribution in [0.3, 0.4) is 0 Å². The summed E-state index contributed by atoms with van der Waals surface area (Å²) in [7, 11) is -3.31. The quantitative estimate of drug-likeness (QED) is 0.503. The van der Waals surface area contributed by atoms with E-state index in [0.717, 1.165) is 20.9 Å². The molecular weight excluding hydrogens is 379 g/mol. The summed E-state index contributed by atoms with van der Waals surface area (Å²) in [4.78, 5) is 13.9. The van der Waals surface area contributed by atoms with Crippen LogP contribution in [-0.2, 0) is 13.6 Å². The van der Waals surface area contributed by atoms with Crippen LogP contribution in [0.2, 0.25) is 0 Å². The van der Waals surface area contributed by atoms with Gasteiger partial charge in [-0.1, -0.05) is 42.5 Å². The molecule has 0 atom stereocenters. The van der Waals surface area contributed by atoms with Crippen molar-refractivity contribution in [3.05, 3.63) is 77.0 Å². The SMILES string of the molecule is CCOP(=O)(OCC)c1ccc(-c2cc(=O)cc(-c3ccccc3)s2)cc1. The molecule has 0 N–H and O–H groups in total. The fourth-order valence-electron chi connectivity index (χ4n) is 2.70. The predicted molar refractivity (Wildman–Crippen MR) is 112 cm³/mol. The van der Waals surface area contributed by atoms with Gasteiger partial charge < -0.3 is 9.05 Å². The molecule has 0 saturated heterocycles. The maximum Gasteiger partial charge on any atom is 0.361 e. The number of hydrogen-bond donors (Lipinski definition) is 0. The van der Waals surface area contributed by atoms with Gasteiger partial charge in [0.1, 0.15) is 0 Å². The van der Waals surface area contributed by atoms with Gasteiger partial charge >= 0.3 is 7.60 Å². The fourth-order valence-corrected chi connectivity index (χ4v) is 5.36. The van der Waals surface area contributed by atoms with Crippen LogP contribution in [0.5, 0.6) is 0 Å². The molecule has 6 heteroatoms. The number of rotatable bonds is 7. The van der Waals surface area contributed by atoms with E-state index in [2.05, 4.69) is 0 Å². The van der Waals surface area contributed by atoms with Gasteiger partial charge in [0, 0.05) is 21.9 Å². The van der Waals surface area contributed by atoms with Crippen LogP contribution in [0.15, 0.2) is 71.5 Å². The normalized spacial score (nSPS) is 11.5. The van der Waals surface area contributed by atoms with Crippen LogP contribution in [-0.4, -0.2) is 13.2 Å². The Morgan fingerprint density at radius 2 is 1.33 bits per heavy atom. The second kappa shape index (κ2) is 8.77. The van der Waals surface area contributed by atoms with Gasteiger partial charge in [-0.2, -0.15) is 0 Å². The summed E-state index contributed by atoms with van der Waals surface area (Å²) >= 11 is 1.55. The summed E-state index contributed by atoms with van der Waals surface area (Å²) in [5, 5.41) is 0.515. The highest BCUT2D eigenvalue weighted by Crippen LogP contribution is 2.47. The second-order valence-electron chi connectivity index (χ2n) is 5.77. The summed E-state index contributed by atoms with van der Waals surface area (Å²) in [5.41, 5.74) is 1.86. The van der Waals surface area contributed by atoms with Crippen molar-refractivity contribution >= 4 is 24.2 Å². The van der Waals surface area contributed by atoms with Crippen molar-refractivity contribution in [2.45, 2.75) is 13.8 Å². The average Bonchev–Trinajstić information content (AvgIpc) is 2.69. The third-order valence-corrected chi connectivity index (χ3v) is 7.16. The van der Waals surface area contributed by atoms with Gasteiger partial charge in [0.2, 0.25) is 0 Å². The molecule has 0 spiro atoms. The van der Waals surface area contributed by atoms with Gasteiger partial charge in [0.15, 0.2) is 5.43 Å².